The molecule has 2 heteroatoms. The molecule has 0 saturated carbocycles. The molecule has 1 N–H and O–H groups in total. The third-order valence-electron chi connectivity index (χ3n) is 4.69. The van der Waals surface area contributed by atoms with Gasteiger partial charge in [-0.2, -0.15) is 0 Å². The maximum atomic E-state index is 3.77. The Balaban J connectivity index is 2.05. The standard InChI is InChI=1S/C16H30N2/c1-5-13-11-17-15(16(2,3)4)12-18(13)14-9-7-6-8-10-14/h6-7,13-15,17H,5,8-12H2,1-4H3. The highest BCUT2D eigenvalue weighted by atomic mass is 15.3. The molecule has 0 aromatic rings. The Morgan fingerprint density at radius 2 is 2.06 bits per heavy atom. The predicted octanol–water partition coefficient (Wildman–Crippen LogP) is 3.19. The van der Waals surface area contributed by atoms with E-state index < -0.39 is 0 Å². The van der Waals surface area contributed by atoms with Crippen LogP contribution in [0.4, 0.5) is 0 Å². The molecular formula is C16H30N2. The van der Waals surface area contributed by atoms with Crippen LogP contribution in [0.1, 0.15) is 53.4 Å². The van der Waals surface area contributed by atoms with Crippen molar-refractivity contribution in [1.82, 2.24) is 10.2 Å². The number of nitrogens with one attached hydrogen (secondary N) is 1. The Labute approximate surface area is 113 Å². The largest absolute Gasteiger partial charge is 0.311 e. The van der Waals surface area contributed by atoms with Gasteiger partial charge in [-0.3, -0.25) is 4.90 Å². The molecule has 3 unspecified atom stereocenters. The quantitative estimate of drug-likeness (QED) is 0.757. The van der Waals surface area contributed by atoms with Crippen LogP contribution in [0.5, 0.6) is 0 Å². The average Bonchev–Trinajstić information content (AvgIpc) is 2.38. The average molecular weight is 250 g/mol. The summed E-state index contributed by atoms with van der Waals surface area (Å²) in [5.74, 6) is 0. The summed E-state index contributed by atoms with van der Waals surface area (Å²) in [6.45, 7) is 11.8. The van der Waals surface area contributed by atoms with Crippen LogP contribution in [0.25, 0.3) is 0 Å². The van der Waals surface area contributed by atoms with Crippen molar-refractivity contribution in [2.45, 2.75) is 71.5 Å². The van der Waals surface area contributed by atoms with Crippen LogP contribution in [-0.4, -0.2) is 36.1 Å². The number of rotatable bonds is 2. The zero-order valence-electron chi connectivity index (χ0n) is 12.6. The van der Waals surface area contributed by atoms with E-state index in [1.165, 1.54) is 38.8 Å². The van der Waals surface area contributed by atoms with Gasteiger partial charge < -0.3 is 5.32 Å². The van der Waals surface area contributed by atoms with Gasteiger partial charge in [0.1, 0.15) is 0 Å². The van der Waals surface area contributed by atoms with Crippen LogP contribution >= 0.6 is 0 Å². The lowest BCUT2D eigenvalue weighted by Crippen LogP contribution is -2.62. The molecule has 18 heavy (non-hydrogen) atoms. The number of allylic oxidation sites excluding steroid dienone is 1. The van der Waals surface area contributed by atoms with Gasteiger partial charge in [-0.15, -0.1) is 0 Å². The van der Waals surface area contributed by atoms with Gasteiger partial charge in [0.25, 0.3) is 0 Å². The number of hydrogen-bond acceptors (Lipinski definition) is 2. The molecule has 0 amide bonds. The number of hydrogen-bond donors (Lipinski definition) is 1. The molecular weight excluding hydrogens is 220 g/mol. The Kier molecular flexibility index (Phi) is 4.50. The first-order valence-corrected chi connectivity index (χ1v) is 7.66. The maximum absolute atomic E-state index is 3.77. The van der Waals surface area contributed by atoms with Crippen LogP contribution in [0.15, 0.2) is 12.2 Å². The van der Waals surface area contributed by atoms with E-state index in [1.54, 1.807) is 0 Å². The van der Waals surface area contributed by atoms with Gasteiger partial charge in [0, 0.05) is 31.2 Å². The van der Waals surface area contributed by atoms with Crippen LogP contribution in [0.2, 0.25) is 0 Å². The minimum atomic E-state index is 0.363. The van der Waals surface area contributed by atoms with Crippen LogP contribution in [0, 0.1) is 5.41 Å². The second-order valence-corrected chi connectivity index (χ2v) is 7.02. The van der Waals surface area contributed by atoms with Gasteiger partial charge in [-0.05, 0) is 31.1 Å². The van der Waals surface area contributed by atoms with E-state index in [-0.39, 0.29) is 0 Å². The van der Waals surface area contributed by atoms with Gasteiger partial charge >= 0.3 is 0 Å². The maximum Gasteiger partial charge on any atom is 0.0244 e. The highest BCUT2D eigenvalue weighted by Gasteiger charge is 2.36. The van der Waals surface area contributed by atoms with Gasteiger partial charge in [-0.25, -0.2) is 0 Å². The fourth-order valence-electron chi connectivity index (χ4n) is 3.30. The second-order valence-electron chi connectivity index (χ2n) is 7.02. The summed E-state index contributed by atoms with van der Waals surface area (Å²) in [7, 11) is 0. The van der Waals surface area contributed by atoms with Crippen molar-refractivity contribution in [3.63, 3.8) is 0 Å². The smallest absolute Gasteiger partial charge is 0.0244 e. The Hall–Kier alpha value is -0.340. The summed E-state index contributed by atoms with van der Waals surface area (Å²) in [4.78, 5) is 2.80. The molecule has 1 fully saturated rings. The normalized spacial score (nSPS) is 34.8. The van der Waals surface area contributed by atoms with Gasteiger partial charge in [0.15, 0.2) is 0 Å². The van der Waals surface area contributed by atoms with E-state index in [1.807, 2.05) is 0 Å². The van der Waals surface area contributed by atoms with Crippen LogP contribution < -0.4 is 5.32 Å². The third-order valence-corrected chi connectivity index (χ3v) is 4.69. The molecule has 1 heterocycles. The Bertz CT molecular complexity index is 290. The van der Waals surface area contributed by atoms with Crippen molar-refractivity contribution in [2.75, 3.05) is 13.1 Å². The molecule has 3 atom stereocenters. The first-order valence-electron chi connectivity index (χ1n) is 7.66. The zero-order chi connectivity index (χ0) is 13.2. The molecule has 1 aliphatic carbocycles. The summed E-state index contributed by atoms with van der Waals surface area (Å²) in [5.41, 5.74) is 0.363. The minimum absolute atomic E-state index is 0.363. The topological polar surface area (TPSA) is 15.3 Å². The molecule has 0 aromatic heterocycles. The molecule has 2 rings (SSSR count). The molecule has 0 bridgehead atoms. The number of nitrogens with zero attached hydrogens (tertiary/aromatic N) is 1. The van der Waals surface area contributed by atoms with Crippen molar-refractivity contribution in [3.05, 3.63) is 12.2 Å². The van der Waals surface area contributed by atoms with Crippen LogP contribution in [-0.2, 0) is 0 Å². The van der Waals surface area contributed by atoms with Crippen molar-refractivity contribution in [1.29, 1.82) is 0 Å². The molecule has 0 radical (unpaired) electrons. The highest BCUT2D eigenvalue weighted by molar-refractivity contribution is 4.99. The lowest BCUT2D eigenvalue weighted by Gasteiger charge is -2.48. The molecule has 1 saturated heterocycles. The molecule has 1 aliphatic heterocycles. The first kappa shape index (κ1) is 14.1. The van der Waals surface area contributed by atoms with E-state index >= 15 is 0 Å². The summed E-state index contributed by atoms with van der Waals surface area (Å²) in [5, 5.41) is 3.77. The lowest BCUT2D eigenvalue weighted by molar-refractivity contribution is 0.0440. The monoisotopic (exact) mass is 250 g/mol. The SMILES string of the molecule is CCC1CNC(C(C)(C)C)CN1C1CC=CCC1. The van der Waals surface area contributed by atoms with E-state index in [9.17, 15) is 0 Å². The Morgan fingerprint density at radius 1 is 1.28 bits per heavy atom. The third kappa shape index (κ3) is 3.16. The van der Waals surface area contributed by atoms with Gasteiger partial charge in [-0.1, -0.05) is 39.8 Å². The molecule has 104 valence electrons. The summed E-state index contributed by atoms with van der Waals surface area (Å²) < 4.78 is 0. The Morgan fingerprint density at radius 3 is 2.61 bits per heavy atom. The van der Waals surface area contributed by atoms with Crippen molar-refractivity contribution in [3.8, 4) is 0 Å². The fourth-order valence-corrected chi connectivity index (χ4v) is 3.30. The summed E-state index contributed by atoms with van der Waals surface area (Å²) in [6.07, 6.45) is 9.88. The molecule has 2 nitrogen and oxygen atoms in total. The lowest BCUT2D eigenvalue weighted by atomic mass is 9.83. The first-order chi connectivity index (χ1) is 8.52. The van der Waals surface area contributed by atoms with E-state index in [0.717, 1.165) is 12.1 Å². The summed E-state index contributed by atoms with van der Waals surface area (Å²) in [6, 6.07) is 2.15. The van der Waals surface area contributed by atoms with Gasteiger partial charge in [0.2, 0.25) is 0 Å². The van der Waals surface area contributed by atoms with Gasteiger partial charge in [0.05, 0.1) is 0 Å². The van der Waals surface area contributed by atoms with Crippen molar-refractivity contribution in [2.24, 2.45) is 5.41 Å². The molecule has 2 aliphatic rings. The van der Waals surface area contributed by atoms with E-state index in [0.29, 0.717) is 11.5 Å². The fraction of sp³-hybridized carbons (Fsp3) is 0.875. The number of piperazine rings is 1. The minimum Gasteiger partial charge on any atom is -0.311 e. The van der Waals surface area contributed by atoms with Crippen molar-refractivity contribution < 1.29 is 0 Å². The molecule has 0 spiro atoms. The second kappa shape index (κ2) is 5.75. The van der Waals surface area contributed by atoms with Crippen LogP contribution in [0.3, 0.4) is 0 Å². The highest BCUT2D eigenvalue weighted by Crippen LogP contribution is 2.28. The van der Waals surface area contributed by atoms with Crippen molar-refractivity contribution >= 4 is 0 Å². The predicted molar refractivity (Wildman–Crippen MR) is 78.8 cm³/mol. The summed E-state index contributed by atoms with van der Waals surface area (Å²) >= 11 is 0. The van der Waals surface area contributed by atoms with E-state index in [4.69, 9.17) is 0 Å². The molecule has 0 aromatic carbocycles. The van der Waals surface area contributed by atoms with E-state index in [2.05, 4.69) is 50.1 Å². The zero-order valence-corrected chi connectivity index (χ0v) is 12.6.